The Morgan fingerprint density at radius 2 is 2.24 bits per heavy atom. The first-order valence-electron chi connectivity index (χ1n) is 5.26. The summed E-state index contributed by atoms with van der Waals surface area (Å²) >= 11 is 1.63. The summed E-state index contributed by atoms with van der Waals surface area (Å²) < 4.78 is 18.2. The van der Waals surface area contributed by atoms with E-state index >= 15 is 0 Å². The normalized spacial score (nSPS) is 18.6. The monoisotopic (exact) mass is 248 g/mol. The summed E-state index contributed by atoms with van der Waals surface area (Å²) in [5, 5.41) is 1.99. The van der Waals surface area contributed by atoms with E-state index in [-0.39, 0.29) is 6.42 Å². The molecule has 0 N–H and O–H groups in total. The van der Waals surface area contributed by atoms with E-state index in [0.29, 0.717) is 5.75 Å². The largest absolute Gasteiger partial charge is 0.424 e. The first-order valence-corrected chi connectivity index (χ1v) is 6.14. The van der Waals surface area contributed by atoms with Crippen LogP contribution in [0.3, 0.4) is 0 Å². The minimum Gasteiger partial charge on any atom is -0.424 e. The van der Waals surface area contributed by atoms with E-state index in [1.807, 2.05) is 29.6 Å². The third-order valence-corrected chi connectivity index (χ3v) is 3.65. The number of carbonyl (C=O) groups is 1. The zero-order valence-electron chi connectivity index (χ0n) is 8.85. The Morgan fingerprint density at radius 3 is 3.00 bits per heavy atom. The highest BCUT2D eigenvalue weighted by atomic mass is 32.1. The van der Waals surface area contributed by atoms with Gasteiger partial charge in [0.25, 0.3) is 0 Å². The Labute approximate surface area is 102 Å². The van der Waals surface area contributed by atoms with Gasteiger partial charge in [-0.1, -0.05) is 6.07 Å². The molecule has 0 saturated heterocycles. The Hall–Kier alpha value is -1.68. The quantitative estimate of drug-likeness (QED) is 0.572. The van der Waals surface area contributed by atoms with Gasteiger partial charge in [-0.05, 0) is 40.8 Å². The fourth-order valence-electron chi connectivity index (χ4n) is 1.88. The zero-order valence-corrected chi connectivity index (χ0v) is 9.67. The number of rotatable bonds is 1. The fourth-order valence-corrected chi connectivity index (χ4v) is 2.61. The molecule has 86 valence electrons. The number of esters is 1. The molecule has 0 unspecified atom stereocenters. The van der Waals surface area contributed by atoms with E-state index < -0.39 is 12.1 Å². The van der Waals surface area contributed by atoms with E-state index in [1.54, 1.807) is 17.4 Å². The molecule has 1 atom stereocenters. The van der Waals surface area contributed by atoms with Crippen molar-refractivity contribution in [1.82, 2.24) is 0 Å². The third-order valence-electron chi connectivity index (χ3n) is 2.73. The minimum absolute atomic E-state index is 0.105. The van der Waals surface area contributed by atoms with Gasteiger partial charge >= 0.3 is 5.97 Å². The molecule has 2 aromatic rings. The lowest BCUT2D eigenvalue weighted by Crippen LogP contribution is -2.28. The molecule has 1 aromatic carbocycles. The van der Waals surface area contributed by atoms with Crippen molar-refractivity contribution >= 4 is 17.3 Å². The predicted octanol–water partition coefficient (Wildman–Crippen LogP) is 3.21. The maximum atomic E-state index is 13.3. The maximum absolute atomic E-state index is 13.3. The summed E-state index contributed by atoms with van der Waals surface area (Å²) in [5.74, 6) is -0.314. The van der Waals surface area contributed by atoms with Gasteiger partial charge in [0, 0.05) is 11.3 Å². The number of halogens is 1. The molecule has 1 aliphatic heterocycles. The average Bonchev–Trinajstić information content (AvgIpc) is 2.83. The smallest absolute Gasteiger partial charge is 0.346 e. The van der Waals surface area contributed by atoms with Crippen LogP contribution < -0.4 is 4.74 Å². The van der Waals surface area contributed by atoms with Crippen molar-refractivity contribution in [2.24, 2.45) is 0 Å². The molecule has 1 aliphatic rings. The molecule has 0 amide bonds. The average molecular weight is 248 g/mol. The number of hydrogen-bond acceptors (Lipinski definition) is 3. The molecule has 17 heavy (non-hydrogen) atoms. The fraction of sp³-hybridized carbons (Fsp3) is 0.154. The molecule has 0 fully saturated rings. The van der Waals surface area contributed by atoms with E-state index in [1.165, 1.54) is 0 Å². The minimum atomic E-state index is -1.54. The maximum Gasteiger partial charge on any atom is 0.346 e. The first kappa shape index (κ1) is 10.5. The number of carbonyl (C=O) groups excluding carboxylic acids is 1. The summed E-state index contributed by atoms with van der Waals surface area (Å²) in [5.41, 5.74) is 1.78. The number of ether oxygens (including phenoxy) is 1. The second kappa shape index (κ2) is 3.96. The molecular formula is C13H9FO2S. The van der Waals surface area contributed by atoms with Crippen molar-refractivity contribution in [3.05, 3.63) is 41.3 Å². The SMILES string of the molecule is O=C1Oc2ccc(-c3cccs3)cc2C[C@@H]1F. The lowest BCUT2D eigenvalue weighted by molar-refractivity contribution is -0.141. The lowest BCUT2D eigenvalue weighted by Gasteiger charge is -2.18. The highest BCUT2D eigenvalue weighted by Crippen LogP contribution is 2.32. The van der Waals surface area contributed by atoms with E-state index in [4.69, 9.17) is 4.74 Å². The van der Waals surface area contributed by atoms with Crippen LogP contribution in [0.5, 0.6) is 5.75 Å². The number of benzene rings is 1. The summed E-state index contributed by atoms with van der Waals surface area (Å²) in [6.07, 6.45) is -1.44. The molecular weight excluding hydrogens is 239 g/mol. The first-order chi connectivity index (χ1) is 8.24. The van der Waals surface area contributed by atoms with Crippen molar-refractivity contribution in [2.75, 3.05) is 0 Å². The van der Waals surface area contributed by atoms with E-state index in [0.717, 1.165) is 16.0 Å². The number of thiophene rings is 1. The van der Waals surface area contributed by atoms with Crippen LogP contribution >= 0.6 is 11.3 Å². The van der Waals surface area contributed by atoms with Gasteiger partial charge in [-0.15, -0.1) is 11.3 Å². The van der Waals surface area contributed by atoms with Crippen LogP contribution in [-0.4, -0.2) is 12.1 Å². The summed E-state index contributed by atoms with van der Waals surface area (Å²) in [4.78, 5) is 12.2. The molecule has 2 heterocycles. The Bertz CT molecular complexity index is 563. The molecule has 2 nitrogen and oxygen atoms in total. The van der Waals surface area contributed by atoms with Gasteiger partial charge in [-0.25, -0.2) is 9.18 Å². The molecule has 0 saturated carbocycles. The van der Waals surface area contributed by atoms with Crippen LogP contribution in [0.2, 0.25) is 0 Å². The number of alkyl halides is 1. The van der Waals surface area contributed by atoms with Crippen LogP contribution in [0.1, 0.15) is 5.56 Å². The second-order valence-electron chi connectivity index (χ2n) is 3.89. The second-order valence-corrected chi connectivity index (χ2v) is 4.84. The van der Waals surface area contributed by atoms with Gasteiger partial charge in [0.2, 0.25) is 6.17 Å². The van der Waals surface area contributed by atoms with Gasteiger partial charge in [-0.2, -0.15) is 0 Å². The lowest BCUT2D eigenvalue weighted by atomic mass is 10.0. The van der Waals surface area contributed by atoms with Crippen LogP contribution in [-0.2, 0) is 11.2 Å². The third kappa shape index (κ3) is 1.85. The Kier molecular flexibility index (Phi) is 2.44. The molecule has 0 radical (unpaired) electrons. The Morgan fingerprint density at radius 1 is 1.35 bits per heavy atom. The van der Waals surface area contributed by atoms with Gasteiger partial charge in [0.1, 0.15) is 5.75 Å². The summed E-state index contributed by atoms with van der Waals surface area (Å²) in [6.45, 7) is 0. The van der Waals surface area contributed by atoms with Crippen molar-refractivity contribution in [3.8, 4) is 16.2 Å². The van der Waals surface area contributed by atoms with Crippen molar-refractivity contribution < 1.29 is 13.9 Å². The topological polar surface area (TPSA) is 26.3 Å². The zero-order chi connectivity index (χ0) is 11.8. The van der Waals surface area contributed by atoms with Crippen molar-refractivity contribution in [1.29, 1.82) is 0 Å². The number of hydrogen-bond donors (Lipinski definition) is 0. The molecule has 0 spiro atoms. The number of fused-ring (bicyclic) bond motifs is 1. The molecule has 3 rings (SSSR count). The highest BCUT2D eigenvalue weighted by molar-refractivity contribution is 7.13. The predicted molar refractivity (Wildman–Crippen MR) is 64.0 cm³/mol. The van der Waals surface area contributed by atoms with Gasteiger partial charge in [0.15, 0.2) is 0 Å². The van der Waals surface area contributed by atoms with Crippen LogP contribution in [0.15, 0.2) is 35.7 Å². The van der Waals surface area contributed by atoms with Crippen LogP contribution in [0, 0.1) is 0 Å². The molecule has 0 bridgehead atoms. The van der Waals surface area contributed by atoms with Crippen molar-refractivity contribution in [3.63, 3.8) is 0 Å². The highest BCUT2D eigenvalue weighted by Gasteiger charge is 2.28. The standard InChI is InChI=1S/C13H9FO2S/c14-10-7-9-6-8(12-2-1-5-17-12)3-4-11(9)16-13(10)15/h1-6,10H,7H2/t10-/m0/s1. The van der Waals surface area contributed by atoms with E-state index in [2.05, 4.69) is 0 Å². The molecule has 0 aliphatic carbocycles. The van der Waals surface area contributed by atoms with Crippen LogP contribution in [0.25, 0.3) is 10.4 Å². The Balaban J connectivity index is 2.02. The van der Waals surface area contributed by atoms with Crippen LogP contribution in [0.4, 0.5) is 4.39 Å². The summed E-state index contributed by atoms with van der Waals surface area (Å²) in [7, 11) is 0. The van der Waals surface area contributed by atoms with Gasteiger partial charge < -0.3 is 4.74 Å². The van der Waals surface area contributed by atoms with Crippen molar-refractivity contribution in [2.45, 2.75) is 12.6 Å². The van der Waals surface area contributed by atoms with Gasteiger partial charge in [0.05, 0.1) is 0 Å². The molecule has 1 aromatic heterocycles. The van der Waals surface area contributed by atoms with Gasteiger partial charge in [-0.3, -0.25) is 0 Å². The van der Waals surface area contributed by atoms with E-state index in [9.17, 15) is 9.18 Å². The molecule has 4 heteroatoms. The summed E-state index contributed by atoms with van der Waals surface area (Å²) in [6, 6.07) is 9.48.